The number of hydrogen-bond donors (Lipinski definition) is 0. The quantitative estimate of drug-likeness (QED) is 0.224. The minimum atomic E-state index is -0.296. The highest BCUT2D eigenvalue weighted by atomic mass is 16.6. The molecule has 1 aromatic heterocycles. The zero-order chi connectivity index (χ0) is 30.1. The van der Waals surface area contributed by atoms with Crippen LogP contribution in [0.3, 0.4) is 0 Å². The lowest BCUT2D eigenvalue weighted by molar-refractivity contribution is -0.119. The molecule has 7 nitrogen and oxygen atoms in total. The third kappa shape index (κ3) is 6.86. The summed E-state index contributed by atoms with van der Waals surface area (Å²) in [7, 11) is 0. The van der Waals surface area contributed by atoms with E-state index in [1.165, 1.54) is 24.8 Å². The smallest absolute Gasteiger partial charge is 0.410 e. The number of aromatic nitrogens is 3. The first kappa shape index (κ1) is 29.6. The summed E-state index contributed by atoms with van der Waals surface area (Å²) in [4.78, 5) is 28.3. The molecule has 228 valence electrons. The molecular weight excluding hydrogens is 536 g/mol. The molecule has 2 aromatic carbocycles. The van der Waals surface area contributed by atoms with Crippen molar-refractivity contribution >= 4 is 11.9 Å². The number of carbonyl (C=O) groups excluding carboxylic acids is 2. The Morgan fingerprint density at radius 3 is 2.42 bits per heavy atom. The lowest BCUT2D eigenvalue weighted by Crippen LogP contribution is -2.52. The van der Waals surface area contributed by atoms with Crippen LogP contribution in [0.2, 0.25) is 0 Å². The van der Waals surface area contributed by atoms with Gasteiger partial charge in [-0.3, -0.25) is 4.79 Å². The number of Topliss-reactive ketones (excluding diaryl/α,β-unsaturated/α-hetero) is 1. The minimum absolute atomic E-state index is 0.0650. The second kappa shape index (κ2) is 12.6. The van der Waals surface area contributed by atoms with E-state index in [-0.39, 0.29) is 30.3 Å². The fourth-order valence-electron chi connectivity index (χ4n) is 7.13. The molecule has 0 bridgehead atoms. The maximum atomic E-state index is 13.6. The lowest BCUT2D eigenvalue weighted by Gasteiger charge is -2.42. The molecule has 0 N–H and O–H groups in total. The summed E-state index contributed by atoms with van der Waals surface area (Å²) >= 11 is 0. The van der Waals surface area contributed by atoms with Crippen molar-refractivity contribution in [2.75, 3.05) is 13.1 Å². The van der Waals surface area contributed by atoms with Gasteiger partial charge in [0.25, 0.3) is 0 Å². The summed E-state index contributed by atoms with van der Waals surface area (Å²) in [6.45, 7) is 10.2. The number of aryl methyl sites for hydroxylation is 2. The maximum Gasteiger partial charge on any atom is 0.410 e. The van der Waals surface area contributed by atoms with Crippen LogP contribution >= 0.6 is 0 Å². The number of benzene rings is 2. The molecule has 1 aliphatic heterocycles. The molecule has 2 aliphatic carbocycles. The predicted octanol–water partition coefficient (Wildman–Crippen LogP) is 7.32. The van der Waals surface area contributed by atoms with Crippen LogP contribution in [-0.4, -0.2) is 44.6 Å². The number of amides is 1. The van der Waals surface area contributed by atoms with Gasteiger partial charge in [-0.1, -0.05) is 67.9 Å². The molecule has 1 saturated heterocycles. The molecule has 0 radical (unpaired) electrons. The van der Waals surface area contributed by atoms with E-state index in [4.69, 9.17) is 14.9 Å². The predicted molar refractivity (Wildman–Crippen MR) is 167 cm³/mol. The van der Waals surface area contributed by atoms with Crippen molar-refractivity contribution in [3.63, 3.8) is 0 Å². The topological polar surface area (TPSA) is 77.3 Å². The zero-order valence-electron chi connectivity index (χ0n) is 26.2. The van der Waals surface area contributed by atoms with E-state index in [0.717, 1.165) is 53.0 Å². The first-order valence-corrected chi connectivity index (χ1v) is 16.2. The fraction of sp³-hybridized carbons (Fsp3) is 0.556. The number of likely N-dealkylation sites (tertiary alicyclic amines) is 1. The summed E-state index contributed by atoms with van der Waals surface area (Å²) in [5.74, 6) is 4.34. The van der Waals surface area contributed by atoms with Crippen LogP contribution in [0.4, 0.5) is 4.79 Å². The Kier molecular flexibility index (Phi) is 8.69. The lowest BCUT2D eigenvalue weighted by atomic mass is 9.71. The van der Waals surface area contributed by atoms with E-state index in [1.807, 2.05) is 30.3 Å². The average Bonchev–Trinajstić information content (AvgIpc) is 3.68. The summed E-state index contributed by atoms with van der Waals surface area (Å²) in [5, 5.41) is 9.63. The van der Waals surface area contributed by atoms with Gasteiger partial charge in [-0.05, 0) is 74.5 Å². The van der Waals surface area contributed by atoms with Crippen LogP contribution < -0.4 is 0 Å². The maximum absolute atomic E-state index is 13.6. The van der Waals surface area contributed by atoms with Gasteiger partial charge in [0, 0.05) is 49.7 Å². The highest BCUT2D eigenvalue weighted by molar-refractivity contribution is 5.82. The van der Waals surface area contributed by atoms with Crippen LogP contribution in [0.15, 0.2) is 48.5 Å². The van der Waals surface area contributed by atoms with Gasteiger partial charge in [-0.15, -0.1) is 10.2 Å². The molecular formula is C36H46N4O3. The van der Waals surface area contributed by atoms with E-state index in [1.54, 1.807) is 4.90 Å². The Bertz CT molecular complexity index is 1430. The molecule has 2 heterocycles. The van der Waals surface area contributed by atoms with Crippen LogP contribution in [0, 0.1) is 31.6 Å². The second-order valence-corrected chi connectivity index (χ2v) is 13.8. The van der Waals surface area contributed by atoms with Crippen molar-refractivity contribution in [2.45, 2.75) is 97.1 Å². The van der Waals surface area contributed by atoms with E-state index < -0.39 is 0 Å². The molecule has 1 amide bonds. The summed E-state index contributed by atoms with van der Waals surface area (Å²) in [6.07, 6.45) is 6.47. The SMILES string of the molecule is Cc1ccc(CC(=O)CC(c2nnc(C3CC(CC(C)C)C3)n2C2CC2)C2CN(C(=O)OCc3ccccc3)C2)c(C)c1. The Morgan fingerprint density at radius 2 is 1.74 bits per heavy atom. The van der Waals surface area contributed by atoms with Gasteiger partial charge >= 0.3 is 6.09 Å². The van der Waals surface area contributed by atoms with Gasteiger partial charge in [0.2, 0.25) is 0 Å². The van der Waals surface area contributed by atoms with Gasteiger partial charge in [0.05, 0.1) is 0 Å². The number of ether oxygens (including phenoxy) is 1. The molecule has 1 unspecified atom stereocenters. The minimum Gasteiger partial charge on any atom is -0.445 e. The van der Waals surface area contributed by atoms with Gasteiger partial charge in [0.15, 0.2) is 0 Å². The number of hydrogen-bond acceptors (Lipinski definition) is 5. The number of rotatable bonds is 12. The van der Waals surface area contributed by atoms with E-state index in [0.29, 0.717) is 37.9 Å². The fourth-order valence-corrected chi connectivity index (χ4v) is 7.13. The third-order valence-electron chi connectivity index (χ3n) is 9.67. The first-order valence-electron chi connectivity index (χ1n) is 16.2. The number of nitrogens with zero attached hydrogens (tertiary/aromatic N) is 4. The van der Waals surface area contributed by atoms with Gasteiger partial charge in [0.1, 0.15) is 24.0 Å². The number of ketones is 1. The zero-order valence-corrected chi connectivity index (χ0v) is 26.2. The normalized spacial score (nSPS) is 20.9. The summed E-state index contributed by atoms with van der Waals surface area (Å²) < 4.78 is 8.02. The van der Waals surface area contributed by atoms with Crippen molar-refractivity contribution < 1.29 is 14.3 Å². The van der Waals surface area contributed by atoms with Crippen molar-refractivity contribution in [2.24, 2.45) is 17.8 Å². The van der Waals surface area contributed by atoms with Crippen LogP contribution in [-0.2, 0) is 22.6 Å². The standard InChI is InChI=1S/C36H46N4O3/c1-23(2)14-27-16-29(17-27)34-37-38-35(40(34)31-12-13-31)33(19-32(41)18-28-11-10-24(3)15-25(28)4)30-20-39(21-30)36(42)43-22-26-8-6-5-7-9-26/h5-11,15,23,27,29-31,33H,12-14,16-22H2,1-4H3. The Morgan fingerprint density at radius 1 is 1.00 bits per heavy atom. The second-order valence-electron chi connectivity index (χ2n) is 13.8. The molecule has 3 aliphatic rings. The molecule has 6 rings (SSSR count). The van der Waals surface area contributed by atoms with Crippen LogP contribution in [0.5, 0.6) is 0 Å². The van der Waals surface area contributed by atoms with E-state index >= 15 is 0 Å². The van der Waals surface area contributed by atoms with Gasteiger partial charge < -0.3 is 14.2 Å². The third-order valence-corrected chi connectivity index (χ3v) is 9.67. The molecule has 43 heavy (non-hydrogen) atoms. The van der Waals surface area contributed by atoms with Crippen LogP contribution in [0.25, 0.3) is 0 Å². The monoisotopic (exact) mass is 582 g/mol. The van der Waals surface area contributed by atoms with Crippen LogP contribution in [0.1, 0.15) is 104 Å². The average molecular weight is 583 g/mol. The molecule has 1 atom stereocenters. The van der Waals surface area contributed by atoms with Crippen molar-refractivity contribution in [3.8, 4) is 0 Å². The molecule has 3 fully saturated rings. The van der Waals surface area contributed by atoms with Crippen molar-refractivity contribution in [1.29, 1.82) is 0 Å². The molecule has 2 saturated carbocycles. The van der Waals surface area contributed by atoms with E-state index in [9.17, 15) is 9.59 Å². The summed E-state index contributed by atoms with van der Waals surface area (Å²) in [5.41, 5.74) is 4.42. The van der Waals surface area contributed by atoms with Gasteiger partial charge in [-0.25, -0.2) is 4.79 Å². The Balaban J connectivity index is 1.18. The molecule has 7 heteroatoms. The van der Waals surface area contributed by atoms with Crippen molar-refractivity contribution in [3.05, 3.63) is 82.4 Å². The Hall–Kier alpha value is -3.48. The summed E-state index contributed by atoms with van der Waals surface area (Å²) in [6, 6.07) is 16.5. The van der Waals surface area contributed by atoms with E-state index in [2.05, 4.69) is 50.5 Å². The number of carbonyl (C=O) groups is 2. The highest BCUT2D eigenvalue weighted by Gasteiger charge is 2.44. The van der Waals surface area contributed by atoms with Gasteiger partial charge in [-0.2, -0.15) is 0 Å². The molecule has 3 aromatic rings. The first-order chi connectivity index (χ1) is 20.7. The highest BCUT2D eigenvalue weighted by Crippen LogP contribution is 2.48. The largest absolute Gasteiger partial charge is 0.445 e. The van der Waals surface area contributed by atoms with Crippen molar-refractivity contribution in [1.82, 2.24) is 19.7 Å². The Labute approximate surface area is 256 Å². The molecule has 0 spiro atoms.